The standard InChI is InChI=1S/C13H18F2N2O/c14-11-8-10(2-1-3-16)13(9-12(11)15)17-4-6-18-7-5-17/h8-9H,1-7,16H2. The number of nitrogens with two attached hydrogens (primary N) is 1. The Morgan fingerprint density at radius 2 is 1.83 bits per heavy atom. The quantitative estimate of drug-likeness (QED) is 0.891. The second kappa shape index (κ2) is 6.11. The maximum Gasteiger partial charge on any atom is 0.160 e. The Hall–Kier alpha value is -1.20. The molecule has 0 spiro atoms. The summed E-state index contributed by atoms with van der Waals surface area (Å²) in [5.74, 6) is -1.59. The summed E-state index contributed by atoms with van der Waals surface area (Å²) >= 11 is 0. The molecule has 1 heterocycles. The molecule has 3 nitrogen and oxygen atoms in total. The third kappa shape index (κ3) is 2.97. The van der Waals surface area contributed by atoms with Crippen LogP contribution in [0.4, 0.5) is 14.5 Å². The number of halogens is 2. The number of anilines is 1. The van der Waals surface area contributed by atoms with Crippen LogP contribution in [0.15, 0.2) is 12.1 Å². The molecule has 1 aromatic carbocycles. The van der Waals surface area contributed by atoms with Gasteiger partial charge in [-0.1, -0.05) is 0 Å². The van der Waals surface area contributed by atoms with Crippen LogP contribution >= 0.6 is 0 Å². The molecular formula is C13H18F2N2O. The third-order valence-corrected chi connectivity index (χ3v) is 3.12. The first-order valence-electron chi connectivity index (χ1n) is 6.23. The van der Waals surface area contributed by atoms with E-state index in [1.54, 1.807) is 0 Å². The molecule has 5 heteroatoms. The van der Waals surface area contributed by atoms with Crippen molar-refractivity contribution < 1.29 is 13.5 Å². The molecule has 0 aliphatic carbocycles. The van der Waals surface area contributed by atoms with Crippen LogP contribution in [-0.2, 0) is 11.2 Å². The van der Waals surface area contributed by atoms with E-state index < -0.39 is 11.6 Å². The number of aryl methyl sites for hydroxylation is 1. The van der Waals surface area contributed by atoms with E-state index in [9.17, 15) is 8.78 Å². The van der Waals surface area contributed by atoms with Crippen LogP contribution in [0.2, 0.25) is 0 Å². The summed E-state index contributed by atoms with van der Waals surface area (Å²) in [6.07, 6.45) is 1.43. The van der Waals surface area contributed by atoms with Gasteiger partial charge in [0, 0.05) is 24.8 Å². The van der Waals surface area contributed by atoms with E-state index in [0.29, 0.717) is 39.3 Å². The van der Waals surface area contributed by atoms with Gasteiger partial charge in [0.2, 0.25) is 0 Å². The molecule has 1 fully saturated rings. The lowest BCUT2D eigenvalue weighted by Crippen LogP contribution is -2.37. The van der Waals surface area contributed by atoms with Crippen molar-refractivity contribution in [1.29, 1.82) is 0 Å². The average Bonchev–Trinajstić information content (AvgIpc) is 2.40. The fourth-order valence-corrected chi connectivity index (χ4v) is 2.17. The van der Waals surface area contributed by atoms with Gasteiger partial charge in [0.1, 0.15) is 0 Å². The van der Waals surface area contributed by atoms with Gasteiger partial charge < -0.3 is 15.4 Å². The Bertz CT molecular complexity index is 406. The summed E-state index contributed by atoms with van der Waals surface area (Å²) in [5, 5.41) is 0. The van der Waals surface area contributed by atoms with Gasteiger partial charge in [-0.2, -0.15) is 0 Å². The van der Waals surface area contributed by atoms with Crippen LogP contribution in [0.1, 0.15) is 12.0 Å². The lowest BCUT2D eigenvalue weighted by molar-refractivity contribution is 0.122. The minimum atomic E-state index is -0.798. The van der Waals surface area contributed by atoms with Crippen molar-refractivity contribution in [2.75, 3.05) is 37.7 Å². The maximum absolute atomic E-state index is 13.4. The molecule has 2 N–H and O–H groups in total. The number of morpholine rings is 1. The number of rotatable bonds is 4. The van der Waals surface area contributed by atoms with Gasteiger partial charge in [-0.05, 0) is 31.0 Å². The Balaban J connectivity index is 2.26. The van der Waals surface area contributed by atoms with E-state index in [1.165, 1.54) is 12.1 Å². The minimum Gasteiger partial charge on any atom is -0.378 e. The van der Waals surface area contributed by atoms with E-state index in [4.69, 9.17) is 10.5 Å². The number of nitrogens with zero attached hydrogens (tertiary/aromatic N) is 1. The Labute approximate surface area is 106 Å². The van der Waals surface area contributed by atoms with E-state index in [2.05, 4.69) is 0 Å². The molecule has 18 heavy (non-hydrogen) atoms. The summed E-state index contributed by atoms with van der Waals surface area (Å²) < 4.78 is 31.9. The lowest BCUT2D eigenvalue weighted by atomic mass is 10.1. The molecule has 0 bridgehead atoms. The van der Waals surface area contributed by atoms with Gasteiger partial charge >= 0.3 is 0 Å². The smallest absolute Gasteiger partial charge is 0.160 e. The van der Waals surface area contributed by atoms with Gasteiger partial charge in [0.15, 0.2) is 11.6 Å². The lowest BCUT2D eigenvalue weighted by Gasteiger charge is -2.30. The van der Waals surface area contributed by atoms with Crippen LogP contribution in [-0.4, -0.2) is 32.8 Å². The van der Waals surface area contributed by atoms with Crippen molar-refractivity contribution in [1.82, 2.24) is 0 Å². The Morgan fingerprint density at radius 3 is 2.50 bits per heavy atom. The summed E-state index contributed by atoms with van der Waals surface area (Å²) in [4.78, 5) is 2.04. The predicted octanol–water partition coefficient (Wildman–Crippen LogP) is 1.69. The third-order valence-electron chi connectivity index (χ3n) is 3.12. The zero-order valence-electron chi connectivity index (χ0n) is 10.3. The molecule has 2 rings (SSSR count). The molecule has 1 aromatic rings. The SMILES string of the molecule is NCCCc1cc(F)c(F)cc1N1CCOCC1. The zero-order chi connectivity index (χ0) is 13.0. The van der Waals surface area contributed by atoms with Crippen LogP contribution in [0.3, 0.4) is 0 Å². The largest absolute Gasteiger partial charge is 0.378 e. The van der Waals surface area contributed by atoms with Crippen molar-refractivity contribution in [2.24, 2.45) is 5.73 Å². The van der Waals surface area contributed by atoms with Crippen LogP contribution in [0.5, 0.6) is 0 Å². The van der Waals surface area contributed by atoms with Gasteiger partial charge in [0.05, 0.1) is 13.2 Å². The number of benzene rings is 1. The molecule has 0 unspecified atom stereocenters. The molecule has 0 radical (unpaired) electrons. The summed E-state index contributed by atoms with van der Waals surface area (Å²) in [6, 6.07) is 2.57. The van der Waals surface area contributed by atoms with Crippen molar-refractivity contribution in [2.45, 2.75) is 12.8 Å². The predicted molar refractivity (Wildman–Crippen MR) is 66.8 cm³/mol. The first-order chi connectivity index (χ1) is 8.72. The van der Waals surface area contributed by atoms with Crippen LogP contribution < -0.4 is 10.6 Å². The first-order valence-corrected chi connectivity index (χ1v) is 6.23. The highest BCUT2D eigenvalue weighted by atomic mass is 19.2. The highest BCUT2D eigenvalue weighted by Gasteiger charge is 2.17. The summed E-state index contributed by atoms with van der Waals surface area (Å²) in [6.45, 7) is 3.20. The van der Waals surface area contributed by atoms with E-state index in [0.717, 1.165) is 17.7 Å². The van der Waals surface area contributed by atoms with Crippen molar-refractivity contribution in [3.8, 4) is 0 Å². The molecule has 0 amide bonds. The maximum atomic E-state index is 13.4. The fourth-order valence-electron chi connectivity index (χ4n) is 2.17. The van der Waals surface area contributed by atoms with Crippen LogP contribution in [0, 0.1) is 11.6 Å². The highest BCUT2D eigenvalue weighted by Crippen LogP contribution is 2.26. The Morgan fingerprint density at radius 1 is 1.17 bits per heavy atom. The van der Waals surface area contributed by atoms with E-state index in [-0.39, 0.29) is 0 Å². The monoisotopic (exact) mass is 256 g/mol. The van der Waals surface area contributed by atoms with Crippen molar-refractivity contribution in [3.63, 3.8) is 0 Å². The van der Waals surface area contributed by atoms with Gasteiger partial charge in [-0.15, -0.1) is 0 Å². The molecule has 1 aliphatic rings. The molecular weight excluding hydrogens is 238 g/mol. The van der Waals surface area contributed by atoms with Crippen molar-refractivity contribution >= 4 is 5.69 Å². The van der Waals surface area contributed by atoms with E-state index in [1.807, 2.05) is 4.90 Å². The topological polar surface area (TPSA) is 38.5 Å². The second-order valence-electron chi connectivity index (χ2n) is 4.39. The molecule has 100 valence electrons. The molecule has 1 saturated heterocycles. The first kappa shape index (κ1) is 13.2. The average molecular weight is 256 g/mol. The molecule has 0 atom stereocenters. The fraction of sp³-hybridized carbons (Fsp3) is 0.538. The van der Waals surface area contributed by atoms with Crippen molar-refractivity contribution in [3.05, 3.63) is 29.3 Å². The second-order valence-corrected chi connectivity index (χ2v) is 4.39. The number of hydrogen-bond donors (Lipinski definition) is 1. The Kier molecular flexibility index (Phi) is 4.49. The summed E-state index contributed by atoms with van der Waals surface area (Å²) in [5.41, 5.74) is 7.06. The number of ether oxygens (including phenoxy) is 1. The normalized spacial score (nSPS) is 16.1. The highest BCUT2D eigenvalue weighted by molar-refractivity contribution is 5.54. The number of hydrogen-bond acceptors (Lipinski definition) is 3. The van der Waals surface area contributed by atoms with Gasteiger partial charge in [-0.25, -0.2) is 8.78 Å². The summed E-state index contributed by atoms with van der Waals surface area (Å²) in [7, 11) is 0. The van der Waals surface area contributed by atoms with Gasteiger partial charge in [-0.3, -0.25) is 0 Å². The zero-order valence-corrected chi connectivity index (χ0v) is 10.3. The minimum absolute atomic E-state index is 0.543. The molecule has 0 saturated carbocycles. The van der Waals surface area contributed by atoms with Crippen LogP contribution in [0.25, 0.3) is 0 Å². The molecule has 1 aliphatic heterocycles. The van der Waals surface area contributed by atoms with Gasteiger partial charge in [0.25, 0.3) is 0 Å². The van der Waals surface area contributed by atoms with E-state index >= 15 is 0 Å². The molecule has 0 aromatic heterocycles.